The lowest BCUT2D eigenvalue weighted by Gasteiger charge is -2.28. The van der Waals surface area contributed by atoms with Crippen LogP contribution in [0.4, 0.5) is 0 Å². The summed E-state index contributed by atoms with van der Waals surface area (Å²) in [6.07, 6.45) is 2.87. The van der Waals surface area contributed by atoms with E-state index in [1.165, 1.54) is 0 Å². The van der Waals surface area contributed by atoms with Crippen molar-refractivity contribution in [3.63, 3.8) is 0 Å². The molecule has 2 N–H and O–H groups in total. The molecule has 0 aliphatic carbocycles. The molecule has 0 saturated carbocycles. The summed E-state index contributed by atoms with van der Waals surface area (Å²) in [5, 5.41) is 21.1. The zero-order chi connectivity index (χ0) is 27.7. The SMILES string of the molecule is CO[Si](CCCc1cc(C(C)(C)c2ccc(O)c(CCC[Si](OC)(OC)OC)c2)ccc1O)(OC)OC. The molecule has 37 heavy (non-hydrogen) atoms. The molecule has 0 unspecified atom stereocenters. The lowest BCUT2D eigenvalue weighted by atomic mass is 9.76. The van der Waals surface area contributed by atoms with Gasteiger partial charge in [-0.15, -0.1) is 0 Å². The lowest BCUT2D eigenvalue weighted by molar-refractivity contribution is 0.122. The average Bonchev–Trinajstić information content (AvgIpc) is 2.91. The van der Waals surface area contributed by atoms with Gasteiger partial charge in [-0.3, -0.25) is 0 Å². The molecule has 0 heterocycles. The third-order valence-electron chi connectivity index (χ3n) is 7.33. The van der Waals surface area contributed by atoms with E-state index in [0.29, 0.717) is 24.9 Å². The largest absolute Gasteiger partial charge is 0.508 e. The summed E-state index contributed by atoms with van der Waals surface area (Å²) in [7, 11) is 4.33. The van der Waals surface area contributed by atoms with Crippen molar-refractivity contribution in [1.29, 1.82) is 0 Å². The average molecular weight is 553 g/mol. The fraction of sp³-hybridized carbons (Fsp3) is 0.556. The summed E-state index contributed by atoms with van der Waals surface area (Å²) in [6, 6.07) is 12.9. The first-order valence-corrected chi connectivity index (χ1v) is 16.4. The Morgan fingerprint density at radius 2 is 0.919 bits per heavy atom. The van der Waals surface area contributed by atoms with Gasteiger partial charge in [0, 0.05) is 60.2 Å². The Labute approximate surface area is 224 Å². The number of hydrogen-bond acceptors (Lipinski definition) is 8. The van der Waals surface area contributed by atoms with Gasteiger partial charge in [-0.2, -0.15) is 0 Å². The Balaban J connectivity index is 2.21. The number of aryl methyl sites for hydroxylation is 2. The predicted molar refractivity (Wildman–Crippen MR) is 148 cm³/mol. The number of rotatable bonds is 16. The van der Waals surface area contributed by atoms with Gasteiger partial charge in [0.15, 0.2) is 0 Å². The molecule has 0 aliphatic heterocycles. The summed E-state index contributed by atoms with van der Waals surface area (Å²) in [5.41, 5.74) is 3.55. The normalized spacial score (nSPS) is 12.8. The van der Waals surface area contributed by atoms with Crippen LogP contribution in [0.15, 0.2) is 36.4 Å². The predicted octanol–water partition coefficient (Wildman–Crippen LogP) is 5.05. The second-order valence-electron chi connectivity index (χ2n) is 9.61. The summed E-state index contributed by atoms with van der Waals surface area (Å²) in [5.74, 6) is 0.542. The van der Waals surface area contributed by atoms with Crippen LogP contribution in [-0.2, 0) is 44.8 Å². The maximum atomic E-state index is 10.5. The molecular formula is C27H44O8Si2. The summed E-state index contributed by atoms with van der Waals surface area (Å²) in [6.45, 7) is 4.30. The van der Waals surface area contributed by atoms with Crippen molar-refractivity contribution >= 4 is 17.6 Å². The highest BCUT2D eigenvalue weighted by molar-refractivity contribution is 6.60. The van der Waals surface area contributed by atoms with Crippen LogP contribution in [0.2, 0.25) is 12.1 Å². The number of benzene rings is 2. The molecule has 0 bridgehead atoms. The van der Waals surface area contributed by atoms with Crippen LogP contribution in [0.3, 0.4) is 0 Å². The van der Waals surface area contributed by atoms with Crippen molar-refractivity contribution in [3.05, 3.63) is 58.7 Å². The molecule has 0 spiro atoms. The van der Waals surface area contributed by atoms with Crippen molar-refractivity contribution in [3.8, 4) is 11.5 Å². The van der Waals surface area contributed by atoms with Crippen molar-refractivity contribution in [2.75, 3.05) is 42.7 Å². The van der Waals surface area contributed by atoms with Gasteiger partial charge in [0.1, 0.15) is 11.5 Å². The number of phenols is 2. The molecule has 2 aromatic rings. The molecule has 8 nitrogen and oxygen atoms in total. The lowest BCUT2D eigenvalue weighted by Crippen LogP contribution is -2.42. The standard InChI is InChI=1S/C27H44O8Si2/c1-27(2,23-13-15-25(28)21(19-23)11-9-17-36(30-3,31-4)32-5)24-14-16-26(29)22(20-24)12-10-18-37(33-6,34-7)35-8/h13-16,19-20,28-29H,9-12,17-18H2,1-8H3. The Bertz CT molecular complexity index is 896. The zero-order valence-corrected chi connectivity index (χ0v) is 25.6. The van der Waals surface area contributed by atoms with E-state index in [2.05, 4.69) is 26.0 Å². The third kappa shape index (κ3) is 7.64. The van der Waals surface area contributed by atoms with Crippen molar-refractivity contribution < 1.29 is 36.8 Å². The van der Waals surface area contributed by atoms with E-state index in [1.807, 2.05) is 12.1 Å². The zero-order valence-electron chi connectivity index (χ0n) is 23.6. The number of hydrogen-bond donors (Lipinski definition) is 2. The van der Waals surface area contributed by atoms with Crippen LogP contribution in [0.1, 0.15) is 48.9 Å². The molecule has 0 atom stereocenters. The quantitative estimate of drug-likeness (QED) is 0.280. The van der Waals surface area contributed by atoms with Crippen LogP contribution in [-0.4, -0.2) is 70.5 Å². The smallest absolute Gasteiger partial charge is 0.500 e. The minimum atomic E-state index is -2.66. The first kappa shape index (κ1) is 31.5. The maximum absolute atomic E-state index is 10.5. The fourth-order valence-corrected chi connectivity index (χ4v) is 8.06. The van der Waals surface area contributed by atoms with E-state index >= 15 is 0 Å². The molecule has 0 amide bonds. The Hall–Kier alpha value is -1.77. The van der Waals surface area contributed by atoms with Gasteiger partial charge in [0.2, 0.25) is 0 Å². The van der Waals surface area contributed by atoms with Gasteiger partial charge < -0.3 is 36.8 Å². The van der Waals surface area contributed by atoms with Crippen LogP contribution in [0.25, 0.3) is 0 Å². The van der Waals surface area contributed by atoms with Gasteiger partial charge in [0.05, 0.1) is 0 Å². The van der Waals surface area contributed by atoms with Crippen molar-refractivity contribution in [2.24, 2.45) is 0 Å². The highest BCUT2D eigenvalue weighted by Gasteiger charge is 2.38. The van der Waals surface area contributed by atoms with Gasteiger partial charge in [0.25, 0.3) is 0 Å². The Morgan fingerprint density at radius 1 is 0.595 bits per heavy atom. The van der Waals surface area contributed by atoms with Gasteiger partial charge >= 0.3 is 17.6 Å². The maximum Gasteiger partial charge on any atom is 0.500 e. The van der Waals surface area contributed by atoms with Crippen LogP contribution < -0.4 is 0 Å². The minimum Gasteiger partial charge on any atom is -0.508 e. The molecule has 2 aromatic carbocycles. The van der Waals surface area contributed by atoms with Crippen LogP contribution >= 0.6 is 0 Å². The molecular weight excluding hydrogens is 508 g/mol. The molecule has 0 aliphatic rings. The molecule has 0 radical (unpaired) electrons. The second-order valence-corrected chi connectivity index (χ2v) is 15.8. The Kier molecular flexibility index (Phi) is 11.8. The monoisotopic (exact) mass is 552 g/mol. The molecule has 0 aromatic heterocycles. The molecule has 10 heteroatoms. The molecule has 0 saturated heterocycles. The van der Waals surface area contributed by atoms with Gasteiger partial charge in [-0.05, 0) is 60.1 Å². The van der Waals surface area contributed by atoms with Gasteiger partial charge in [-0.25, -0.2) is 0 Å². The van der Waals surface area contributed by atoms with Gasteiger partial charge in [-0.1, -0.05) is 38.1 Å². The van der Waals surface area contributed by atoms with Crippen molar-refractivity contribution in [1.82, 2.24) is 0 Å². The summed E-state index contributed by atoms with van der Waals surface area (Å²) in [4.78, 5) is 0. The Morgan fingerprint density at radius 3 is 1.22 bits per heavy atom. The highest BCUT2D eigenvalue weighted by Crippen LogP contribution is 2.37. The summed E-state index contributed by atoms with van der Waals surface area (Å²) >= 11 is 0. The van der Waals surface area contributed by atoms with E-state index in [0.717, 1.165) is 35.1 Å². The first-order valence-electron chi connectivity index (χ1n) is 12.5. The van der Waals surface area contributed by atoms with Crippen molar-refractivity contribution in [2.45, 2.75) is 57.0 Å². The minimum absolute atomic E-state index is 0.271. The highest BCUT2D eigenvalue weighted by atomic mass is 28.4. The molecule has 2 rings (SSSR count). The third-order valence-corrected chi connectivity index (χ3v) is 13.0. The van der Waals surface area contributed by atoms with E-state index < -0.39 is 17.6 Å². The number of phenolic OH excluding ortho intramolecular Hbond substituents is 2. The van der Waals surface area contributed by atoms with Crippen LogP contribution in [0.5, 0.6) is 11.5 Å². The summed E-state index contributed by atoms with van der Waals surface area (Å²) < 4.78 is 33.1. The van der Waals surface area contributed by atoms with Crippen LogP contribution in [0, 0.1) is 0 Å². The second kappa shape index (κ2) is 13.9. The van der Waals surface area contributed by atoms with E-state index in [1.54, 1.807) is 54.8 Å². The van der Waals surface area contributed by atoms with E-state index in [9.17, 15) is 10.2 Å². The first-order chi connectivity index (χ1) is 17.6. The molecule has 0 fully saturated rings. The molecule has 208 valence electrons. The van der Waals surface area contributed by atoms with E-state index in [-0.39, 0.29) is 16.9 Å². The fourth-order valence-electron chi connectivity index (χ4n) is 4.62. The van der Waals surface area contributed by atoms with E-state index in [4.69, 9.17) is 26.6 Å². The topological polar surface area (TPSA) is 95.8 Å². The number of aromatic hydroxyl groups is 2.